The van der Waals surface area contributed by atoms with E-state index in [0.29, 0.717) is 10.1 Å². The second-order valence-corrected chi connectivity index (χ2v) is 6.15. The van der Waals surface area contributed by atoms with E-state index < -0.39 is 0 Å². The number of carbonyl (C=O) groups is 1. The number of anilines is 2. The Balaban J connectivity index is 1.84. The smallest absolute Gasteiger partial charge is 0.243 e. The maximum Gasteiger partial charge on any atom is 0.243 e. The minimum Gasteiger partial charge on any atom is -0.353 e. The number of carbonyl (C=O) groups excluding carboxylic acids is 1. The van der Waals surface area contributed by atoms with Crippen molar-refractivity contribution in [2.45, 2.75) is 20.3 Å². The van der Waals surface area contributed by atoms with Crippen molar-refractivity contribution in [1.29, 1.82) is 0 Å². The number of rotatable bonds is 5. The van der Waals surface area contributed by atoms with Crippen LogP contribution in [0.5, 0.6) is 0 Å². The first-order chi connectivity index (χ1) is 11.5. The first-order valence-electron chi connectivity index (χ1n) is 7.68. The molecule has 0 radical (unpaired) electrons. The average Bonchev–Trinajstić information content (AvgIpc) is 2.57. The number of para-hydroxylation sites is 1. The van der Waals surface area contributed by atoms with Gasteiger partial charge in [-0.15, -0.1) is 0 Å². The van der Waals surface area contributed by atoms with Gasteiger partial charge in [0.2, 0.25) is 5.91 Å². The summed E-state index contributed by atoms with van der Waals surface area (Å²) in [6.07, 6.45) is 0.859. The van der Waals surface area contributed by atoms with Crippen LogP contribution in [0.25, 0.3) is 0 Å². The molecule has 4 nitrogen and oxygen atoms in total. The van der Waals surface area contributed by atoms with Crippen molar-refractivity contribution in [3.63, 3.8) is 0 Å². The molecule has 2 rings (SSSR count). The number of aryl methyl sites for hydroxylation is 2. The molecule has 0 saturated carbocycles. The maximum absolute atomic E-state index is 12.1. The van der Waals surface area contributed by atoms with Crippen LogP contribution in [0.4, 0.5) is 11.4 Å². The van der Waals surface area contributed by atoms with Gasteiger partial charge in [-0.05, 0) is 54.9 Å². The highest BCUT2D eigenvalue weighted by atomic mass is 35.5. The van der Waals surface area contributed by atoms with Crippen LogP contribution in [-0.4, -0.2) is 17.6 Å². The first-order valence-corrected chi connectivity index (χ1v) is 8.47. The Morgan fingerprint density at radius 1 is 1.17 bits per heavy atom. The molecule has 0 fully saturated rings. The van der Waals surface area contributed by atoms with Gasteiger partial charge in [0.05, 0.1) is 6.54 Å². The fourth-order valence-corrected chi connectivity index (χ4v) is 2.52. The second kappa shape index (κ2) is 8.66. The SMILES string of the molecule is CCc1ccccc1NC(=O)CNC(=S)Nc1ccc(C)c(Cl)c1. The highest BCUT2D eigenvalue weighted by Crippen LogP contribution is 2.19. The zero-order valence-electron chi connectivity index (χ0n) is 13.7. The highest BCUT2D eigenvalue weighted by molar-refractivity contribution is 7.80. The van der Waals surface area contributed by atoms with Crippen LogP contribution in [0.2, 0.25) is 5.02 Å². The van der Waals surface area contributed by atoms with Crippen LogP contribution in [0.1, 0.15) is 18.1 Å². The summed E-state index contributed by atoms with van der Waals surface area (Å²) in [5, 5.41) is 9.82. The van der Waals surface area contributed by atoms with E-state index in [4.69, 9.17) is 23.8 Å². The molecule has 0 spiro atoms. The average molecular weight is 362 g/mol. The molecule has 126 valence electrons. The van der Waals surface area contributed by atoms with Crippen LogP contribution in [-0.2, 0) is 11.2 Å². The number of thiocarbonyl (C=S) groups is 1. The Labute approximate surface area is 152 Å². The number of halogens is 1. The van der Waals surface area contributed by atoms with E-state index in [9.17, 15) is 4.79 Å². The molecule has 6 heteroatoms. The molecule has 2 aromatic rings. The molecule has 1 amide bonds. The summed E-state index contributed by atoms with van der Waals surface area (Å²) in [7, 11) is 0. The minimum atomic E-state index is -0.151. The van der Waals surface area contributed by atoms with Crippen molar-refractivity contribution < 1.29 is 4.79 Å². The van der Waals surface area contributed by atoms with Crippen molar-refractivity contribution in [2.75, 3.05) is 17.2 Å². The highest BCUT2D eigenvalue weighted by Gasteiger charge is 2.07. The third-order valence-corrected chi connectivity index (χ3v) is 4.17. The van der Waals surface area contributed by atoms with Crippen LogP contribution in [0, 0.1) is 6.92 Å². The lowest BCUT2D eigenvalue weighted by molar-refractivity contribution is -0.115. The zero-order valence-corrected chi connectivity index (χ0v) is 15.2. The Hall–Kier alpha value is -2.11. The van der Waals surface area contributed by atoms with Gasteiger partial charge in [-0.2, -0.15) is 0 Å². The number of benzene rings is 2. The quantitative estimate of drug-likeness (QED) is 0.701. The van der Waals surface area contributed by atoms with E-state index in [-0.39, 0.29) is 12.5 Å². The molecular formula is C18H20ClN3OS. The van der Waals surface area contributed by atoms with Crippen molar-refractivity contribution in [1.82, 2.24) is 5.32 Å². The molecule has 0 bridgehead atoms. The molecule has 24 heavy (non-hydrogen) atoms. The maximum atomic E-state index is 12.1. The first kappa shape index (κ1) is 18.2. The molecular weight excluding hydrogens is 342 g/mol. The van der Waals surface area contributed by atoms with E-state index in [1.54, 1.807) is 6.07 Å². The summed E-state index contributed by atoms with van der Waals surface area (Å²) >= 11 is 11.3. The monoisotopic (exact) mass is 361 g/mol. The fourth-order valence-electron chi connectivity index (χ4n) is 2.15. The normalized spacial score (nSPS) is 10.1. The standard InChI is InChI=1S/C18H20ClN3OS/c1-3-13-6-4-5-7-16(13)22-17(23)11-20-18(24)21-14-9-8-12(2)15(19)10-14/h4-10H,3,11H2,1-2H3,(H,22,23)(H2,20,21,24). The third-order valence-electron chi connectivity index (χ3n) is 3.51. The van der Waals surface area contributed by atoms with E-state index in [1.165, 1.54) is 0 Å². The van der Waals surface area contributed by atoms with Crippen LogP contribution >= 0.6 is 23.8 Å². The number of hydrogen-bond donors (Lipinski definition) is 3. The van der Waals surface area contributed by atoms with Gasteiger partial charge in [-0.1, -0.05) is 42.8 Å². The Bertz CT molecular complexity index is 749. The van der Waals surface area contributed by atoms with E-state index >= 15 is 0 Å². The van der Waals surface area contributed by atoms with Gasteiger partial charge in [0, 0.05) is 16.4 Å². The van der Waals surface area contributed by atoms with Crippen LogP contribution in [0.15, 0.2) is 42.5 Å². The number of hydrogen-bond acceptors (Lipinski definition) is 2. The molecule has 0 heterocycles. The summed E-state index contributed by atoms with van der Waals surface area (Å²) in [5.74, 6) is -0.151. The van der Waals surface area contributed by atoms with Gasteiger partial charge >= 0.3 is 0 Å². The van der Waals surface area contributed by atoms with E-state index in [0.717, 1.165) is 28.9 Å². The van der Waals surface area contributed by atoms with Crippen molar-refractivity contribution >= 4 is 46.2 Å². The van der Waals surface area contributed by atoms with Gasteiger partial charge in [0.15, 0.2) is 5.11 Å². The summed E-state index contributed by atoms with van der Waals surface area (Å²) < 4.78 is 0. The molecule has 3 N–H and O–H groups in total. The van der Waals surface area contributed by atoms with Gasteiger partial charge < -0.3 is 16.0 Å². The molecule has 0 aliphatic rings. The molecule has 0 aromatic heterocycles. The molecule has 2 aromatic carbocycles. The van der Waals surface area contributed by atoms with Crippen LogP contribution < -0.4 is 16.0 Å². The van der Waals surface area contributed by atoms with Crippen LogP contribution in [0.3, 0.4) is 0 Å². The lowest BCUT2D eigenvalue weighted by Gasteiger charge is -2.13. The van der Waals surface area contributed by atoms with Crippen molar-refractivity contribution in [3.8, 4) is 0 Å². The zero-order chi connectivity index (χ0) is 17.5. The predicted molar refractivity (Wildman–Crippen MR) is 105 cm³/mol. The summed E-state index contributed by atoms with van der Waals surface area (Å²) in [6, 6.07) is 13.3. The Kier molecular flexibility index (Phi) is 6.58. The third kappa shape index (κ3) is 5.22. The van der Waals surface area contributed by atoms with Gasteiger partial charge in [0.25, 0.3) is 0 Å². The van der Waals surface area contributed by atoms with Gasteiger partial charge in [0.1, 0.15) is 0 Å². The lowest BCUT2D eigenvalue weighted by atomic mass is 10.1. The largest absolute Gasteiger partial charge is 0.353 e. The van der Waals surface area contributed by atoms with E-state index in [2.05, 4.69) is 22.9 Å². The Morgan fingerprint density at radius 3 is 2.62 bits per heavy atom. The summed E-state index contributed by atoms with van der Waals surface area (Å²) in [4.78, 5) is 12.1. The lowest BCUT2D eigenvalue weighted by Crippen LogP contribution is -2.35. The van der Waals surface area contributed by atoms with Gasteiger partial charge in [-0.3, -0.25) is 4.79 Å². The van der Waals surface area contributed by atoms with E-state index in [1.807, 2.05) is 43.3 Å². The molecule has 0 saturated heterocycles. The summed E-state index contributed by atoms with van der Waals surface area (Å²) in [5.41, 5.74) is 3.70. The number of amides is 1. The minimum absolute atomic E-state index is 0.0868. The molecule has 0 aliphatic carbocycles. The molecule has 0 unspecified atom stereocenters. The molecule has 0 atom stereocenters. The number of nitrogens with one attached hydrogen (secondary N) is 3. The predicted octanol–water partition coefficient (Wildman–Crippen LogP) is 4.14. The topological polar surface area (TPSA) is 53.2 Å². The second-order valence-electron chi connectivity index (χ2n) is 5.33. The van der Waals surface area contributed by atoms with Gasteiger partial charge in [-0.25, -0.2) is 0 Å². The van der Waals surface area contributed by atoms with Crippen molar-refractivity contribution in [2.24, 2.45) is 0 Å². The molecule has 0 aliphatic heterocycles. The summed E-state index contributed by atoms with van der Waals surface area (Å²) in [6.45, 7) is 4.07. The Morgan fingerprint density at radius 2 is 1.92 bits per heavy atom. The van der Waals surface area contributed by atoms with Crippen molar-refractivity contribution in [3.05, 3.63) is 58.6 Å². The fraction of sp³-hybridized carbons (Fsp3) is 0.222.